The van der Waals surface area contributed by atoms with Gasteiger partial charge in [-0.1, -0.05) is 5.16 Å². The van der Waals surface area contributed by atoms with Crippen molar-refractivity contribution in [2.24, 2.45) is 0 Å². The predicted octanol–water partition coefficient (Wildman–Crippen LogP) is 4.14. The summed E-state index contributed by atoms with van der Waals surface area (Å²) < 4.78 is 95.5. The van der Waals surface area contributed by atoms with Crippen molar-refractivity contribution in [3.63, 3.8) is 0 Å². The number of nitrogens with zero attached hydrogens (tertiary/aromatic N) is 3. The number of hydrogen-bond donors (Lipinski definition) is 2. The van der Waals surface area contributed by atoms with Crippen molar-refractivity contribution in [2.75, 3.05) is 11.1 Å². The molecule has 0 atom stereocenters. The molecule has 3 aromatic rings. The number of rotatable bonds is 3. The lowest BCUT2D eigenvalue weighted by Crippen LogP contribution is -2.19. The molecule has 0 aliphatic carbocycles. The van der Waals surface area contributed by atoms with Crippen molar-refractivity contribution in [1.29, 1.82) is 0 Å². The highest BCUT2D eigenvalue weighted by molar-refractivity contribution is 6.04. The van der Waals surface area contributed by atoms with Gasteiger partial charge in [-0.05, 0) is 18.2 Å². The fraction of sp³-hybridized carbons (Fsp3) is 0.125. The number of carbonyl (C=O) groups excluding carboxylic acids is 1. The van der Waals surface area contributed by atoms with Crippen LogP contribution in [0.3, 0.4) is 0 Å². The molecule has 30 heavy (non-hydrogen) atoms. The number of amides is 1. The van der Waals surface area contributed by atoms with Crippen LogP contribution in [0.2, 0.25) is 0 Å². The second-order valence-corrected chi connectivity index (χ2v) is 5.71. The Morgan fingerprint density at radius 2 is 1.80 bits per heavy atom. The average molecular weight is 435 g/mol. The molecule has 7 nitrogen and oxygen atoms in total. The number of nitrogen functional groups attached to an aromatic ring is 1. The van der Waals surface area contributed by atoms with E-state index in [0.717, 1.165) is 6.20 Å². The smallest absolute Gasteiger partial charge is 0.382 e. The van der Waals surface area contributed by atoms with E-state index in [1.807, 2.05) is 5.32 Å². The highest BCUT2D eigenvalue weighted by atomic mass is 19.4. The Kier molecular flexibility index (Phi) is 5.09. The Balaban J connectivity index is 1.94. The maximum atomic E-state index is 13.5. The first-order chi connectivity index (χ1) is 13.9. The summed E-state index contributed by atoms with van der Waals surface area (Å²) in [5, 5.41) is 4.64. The minimum atomic E-state index is -4.97. The molecule has 3 N–H and O–H groups in total. The van der Waals surface area contributed by atoms with Gasteiger partial charge >= 0.3 is 12.4 Å². The van der Waals surface area contributed by atoms with Gasteiger partial charge in [0.1, 0.15) is 23.3 Å². The summed E-state index contributed by atoms with van der Waals surface area (Å²) in [4.78, 5) is 19.3. The lowest BCUT2D eigenvalue weighted by molar-refractivity contribution is -0.143. The van der Waals surface area contributed by atoms with Crippen molar-refractivity contribution < 1.29 is 40.1 Å². The number of benzene rings is 1. The van der Waals surface area contributed by atoms with E-state index in [1.165, 1.54) is 0 Å². The van der Waals surface area contributed by atoms with Crippen LogP contribution < -0.4 is 11.1 Å². The molecular weight excluding hydrogens is 427 g/mol. The van der Waals surface area contributed by atoms with Gasteiger partial charge in [0.2, 0.25) is 0 Å². The molecule has 0 saturated heterocycles. The Hall–Kier alpha value is -3.71. The fourth-order valence-corrected chi connectivity index (χ4v) is 2.42. The van der Waals surface area contributed by atoms with Gasteiger partial charge in [0.25, 0.3) is 5.91 Å². The van der Waals surface area contributed by atoms with Crippen LogP contribution in [-0.2, 0) is 12.4 Å². The molecular formula is C16H8F7N5O2. The van der Waals surface area contributed by atoms with E-state index < -0.39 is 63.8 Å². The first kappa shape index (κ1) is 21.0. The van der Waals surface area contributed by atoms with E-state index in [0.29, 0.717) is 24.5 Å². The number of anilines is 2. The number of aromatic nitrogens is 3. The van der Waals surface area contributed by atoms with Crippen LogP contribution in [0.5, 0.6) is 0 Å². The number of nitrogens with two attached hydrogens (primary N) is 1. The fourth-order valence-electron chi connectivity index (χ4n) is 2.42. The Bertz CT molecular complexity index is 1110. The van der Waals surface area contributed by atoms with E-state index in [-0.39, 0.29) is 0 Å². The maximum absolute atomic E-state index is 13.5. The standard InChI is InChI=1S/C16H8F7N5O2/c17-6-1-2-9(15(18,19)20)7(3-6)11-13(24)26-10(4-25-11)27-14(29)8-5-30-28-12(8)16(21,22)23/h1-5H,(H3,24,26,27,29). The number of hydrogen-bond acceptors (Lipinski definition) is 6. The van der Waals surface area contributed by atoms with E-state index >= 15 is 0 Å². The zero-order valence-electron chi connectivity index (χ0n) is 14.3. The van der Waals surface area contributed by atoms with Crippen LogP contribution in [-0.4, -0.2) is 21.0 Å². The zero-order valence-corrected chi connectivity index (χ0v) is 14.3. The highest BCUT2D eigenvalue weighted by Crippen LogP contribution is 2.38. The molecule has 158 valence electrons. The van der Waals surface area contributed by atoms with Crippen molar-refractivity contribution in [3.05, 3.63) is 53.3 Å². The third kappa shape index (κ3) is 4.16. The van der Waals surface area contributed by atoms with Gasteiger partial charge in [0, 0.05) is 5.56 Å². The highest BCUT2D eigenvalue weighted by Gasteiger charge is 2.40. The molecule has 14 heteroatoms. The molecule has 0 fully saturated rings. The molecule has 0 spiro atoms. The van der Waals surface area contributed by atoms with Crippen molar-refractivity contribution in [3.8, 4) is 11.3 Å². The predicted molar refractivity (Wildman–Crippen MR) is 86.3 cm³/mol. The van der Waals surface area contributed by atoms with Gasteiger partial charge in [-0.25, -0.2) is 14.4 Å². The van der Waals surface area contributed by atoms with Crippen LogP contribution in [0.1, 0.15) is 21.6 Å². The Morgan fingerprint density at radius 1 is 1.10 bits per heavy atom. The third-order valence-electron chi connectivity index (χ3n) is 3.67. The van der Waals surface area contributed by atoms with Gasteiger partial charge in [-0.2, -0.15) is 26.3 Å². The Labute approximate surface area is 161 Å². The average Bonchev–Trinajstić information content (AvgIpc) is 3.11. The van der Waals surface area contributed by atoms with Crippen LogP contribution in [0, 0.1) is 5.82 Å². The van der Waals surface area contributed by atoms with Crippen molar-refractivity contribution >= 4 is 17.5 Å². The van der Waals surface area contributed by atoms with E-state index in [9.17, 15) is 35.5 Å². The molecule has 1 amide bonds. The van der Waals surface area contributed by atoms with Crippen molar-refractivity contribution in [2.45, 2.75) is 12.4 Å². The first-order valence-electron chi connectivity index (χ1n) is 7.70. The summed E-state index contributed by atoms with van der Waals surface area (Å²) in [7, 11) is 0. The van der Waals surface area contributed by atoms with Gasteiger partial charge in [0.05, 0.1) is 11.8 Å². The summed E-state index contributed by atoms with van der Waals surface area (Å²) >= 11 is 0. The summed E-state index contributed by atoms with van der Waals surface area (Å²) in [5.74, 6) is -3.43. The van der Waals surface area contributed by atoms with E-state index in [4.69, 9.17) is 5.73 Å². The summed E-state index contributed by atoms with van der Waals surface area (Å²) in [6, 6.07) is 1.64. The van der Waals surface area contributed by atoms with Gasteiger partial charge < -0.3 is 15.6 Å². The monoisotopic (exact) mass is 435 g/mol. The minimum Gasteiger partial charge on any atom is -0.382 e. The molecule has 0 radical (unpaired) electrons. The Morgan fingerprint density at radius 3 is 2.40 bits per heavy atom. The van der Waals surface area contributed by atoms with E-state index in [1.54, 1.807) is 0 Å². The number of carbonyl (C=O) groups is 1. The molecule has 2 heterocycles. The van der Waals surface area contributed by atoms with Gasteiger partial charge in [0.15, 0.2) is 17.3 Å². The van der Waals surface area contributed by atoms with Crippen molar-refractivity contribution in [1.82, 2.24) is 15.1 Å². The van der Waals surface area contributed by atoms with Gasteiger partial charge in [-0.3, -0.25) is 4.79 Å². The summed E-state index contributed by atoms with van der Waals surface area (Å²) in [5.41, 5.74) is 0.550. The largest absolute Gasteiger partial charge is 0.437 e. The van der Waals surface area contributed by atoms with Crippen LogP contribution in [0.25, 0.3) is 11.3 Å². The lowest BCUT2D eigenvalue weighted by atomic mass is 10.0. The quantitative estimate of drug-likeness (QED) is 0.599. The van der Waals surface area contributed by atoms with Crippen LogP contribution >= 0.6 is 0 Å². The molecule has 0 unspecified atom stereocenters. The molecule has 1 aromatic carbocycles. The third-order valence-corrected chi connectivity index (χ3v) is 3.67. The molecule has 0 aliphatic rings. The zero-order chi connectivity index (χ0) is 22.3. The van der Waals surface area contributed by atoms with Crippen LogP contribution in [0.15, 0.2) is 35.2 Å². The molecule has 3 rings (SSSR count). The topological polar surface area (TPSA) is 107 Å². The number of nitrogens with one attached hydrogen (secondary N) is 1. The summed E-state index contributed by atoms with van der Waals surface area (Å²) in [6.07, 6.45) is -8.63. The van der Waals surface area contributed by atoms with Crippen LogP contribution in [0.4, 0.5) is 42.4 Å². The SMILES string of the molecule is Nc1nc(NC(=O)c2conc2C(F)(F)F)cnc1-c1cc(F)ccc1C(F)(F)F. The van der Waals surface area contributed by atoms with E-state index in [2.05, 4.69) is 19.6 Å². The normalized spacial score (nSPS) is 12.1. The number of halogens is 7. The van der Waals surface area contributed by atoms with Gasteiger partial charge in [-0.15, -0.1) is 0 Å². The molecule has 0 aliphatic heterocycles. The second kappa shape index (κ2) is 7.27. The summed E-state index contributed by atoms with van der Waals surface area (Å²) in [6.45, 7) is 0. The number of alkyl halides is 6. The maximum Gasteiger partial charge on any atom is 0.437 e. The minimum absolute atomic E-state index is 0.450. The first-order valence-corrected chi connectivity index (χ1v) is 7.70. The molecule has 2 aromatic heterocycles. The second-order valence-electron chi connectivity index (χ2n) is 5.71. The molecule has 0 bridgehead atoms. The lowest BCUT2D eigenvalue weighted by Gasteiger charge is -2.14. The molecule has 0 saturated carbocycles.